The number of aliphatic hydroxyl groups is 2. The third-order valence-electron chi connectivity index (χ3n) is 3.17. The normalized spacial score (nSPS) is 33.5. The van der Waals surface area contributed by atoms with Crippen molar-refractivity contribution in [2.45, 2.75) is 24.1 Å². The molecule has 10 heteroatoms. The predicted molar refractivity (Wildman–Crippen MR) is 59.7 cm³/mol. The molecule has 2 rings (SSSR count). The van der Waals surface area contributed by atoms with Crippen molar-refractivity contribution in [3.63, 3.8) is 0 Å². The number of hydrogen-bond donors (Lipinski definition) is 3. The Morgan fingerprint density at radius 3 is 2.75 bits per heavy atom. The molecule has 1 aromatic rings. The fraction of sp³-hybridized carbons (Fsp3) is 0.600. The number of aromatic nitrogens is 2. The standard InChI is InChI=1S/C10H12F3N3O4/c11-2-10(3-17)6(18)5(13)8(20-10)16-1-4(12)7(14)15-9(16)19/h1,5-6,8,17-18H,2-3H2,(H2,14,15,19). The highest BCUT2D eigenvalue weighted by atomic mass is 19.1. The maximum Gasteiger partial charge on any atom is 0.351 e. The van der Waals surface area contributed by atoms with Crippen LogP contribution in [0.15, 0.2) is 11.0 Å². The van der Waals surface area contributed by atoms with E-state index < -0.39 is 54.7 Å². The summed E-state index contributed by atoms with van der Waals surface area (Å²) in [5.74, 6) is -1.78. The van der Waals surface area contributed by atoms with Gasteiger partial charge in [0, 0.05) is 0 Å². The van der Waals surface area contributed by atoms with Crippen LogP contribution in [0.2, 0.25) is 0 Å². The SMILES string of the molecule is Nc1nc(=O)n(C2OC(CO)(CF)C(O)C2F)cc1F. The number of nitrogens with two attached hydrogens (primary N) is 1. The van der Waals surface area contributed by atoms with Crippen molar-refractivity contribution < 1.29 is 28.1 Å². The minimum Gasteiger partial charge on any atom is -0.393 e. The van der Waals surface area contributed by atoms with E-state index in [0.29, 0.717) is 10.8 Å². The molecule has 112 valence electrons. The first-order valence-electron chi connectivity index (χ1n) is 5.57. The van der Waals surface area contributed by atoms with E-state index in [-0.39, 0.29) is 0 Å². The average molecular weight is 295 g/mol. The smallest absolute Gasteiger partial charge is 0.351 e. The number of nitrogens with zero attached hydrogens (tertiary/aromatic N) is 2. The Morgan fingerprint density at radius 2 is 2.25 bits per heavy atom. The monoisotopic (exact) mass is 295 g/mol. The maximum atomic E-state index is 14.0. The van der Waals surface area contributed by atoms with Gasteiger partial charge in [-0.2, -0.15) is 4.98 Å². The summed E-state index contributed by atoms with van der Waals surface area (Å²) < 4.78 is 45.4. The van der Waals surface area contributed by atoms with Crippen LogP contribution in [-0.2, 0) is 4.74 Å². The Hall–Kier alpha value is -1.65. The van der Waals surface area contributed by atoms with E-state index >= 15 is 0 Å². The van der Waals surface area contributed by atoms with Crippen LogP contribution in [0.3, 0.4) is 0 Å². The molecule has 0 saturated carbocycles. The largest absolute Gasteiger partial charge is 0.393 e. The number of alkyl halides is 2. The fourth-order valence-electron chi connectivity index (χ4n) is 1.96. The van der Waals surface area contributed by atoms with Gasteiger partial charge < -0.3 is 20.7 Å². The van der Waals surface area contributed by atoms with Gasteiger partial charge in [0.2, 0.25) is 0 Å². The molecule has 1 saturated heterocycles. The average Bonchev–Trinajstić information content (AvgIpc) is 2.68. The first-order valence-corrected chi connectivity index (χ1v) is 5.57. The van der Waals surface area contributed by atoms with Crippen LogP contribution in [0.1, 0.15) is 6.23 Å². The fourth-order valence-corrected chi connectivity index (χ4v) is 1.96. The van der Waals surface area contributed by atoms with E-state index in [1.54, 1.807) is 0 Å². The van der Waals surface area contributed by atoms with Crippen molar-refractivity contribution in [3.8, 4) is 0 Å². The molecule has 4 unspecified atom stereocenters. The van der Waals surface area contributed by atoms with E-state index in [4.69, 9.17) is 15.6 Å². The molecular formula is C10H12F3N3O4. The second-order valence-corrected chi connectivity index (χ2v) is 4.42. The number of aliphatic hydroxyl groups excluding tert-OH is 2. The first-order chi connectivity index (χ1) is 9.36. The lowest BCUT2D eigenvalue weighted by Gasteiger charge is -2.26. The van der Waals surface area contributed by atoms with E-state index in [9.17, 15) is 23.1 Å². The van der Waals surface area contributed by atoms with Crippen LogP contribution in [-0.4, -0.2) is 50.9 Å². The Balaban J connectivity index is 2.45. The van der Waals surface area contributed by atoms with Crippen molar-refractivity contribution in [3.05, 3.63) is 22.5 Å². The molecule has 0 bridgehead atoms. The Bertz CT molecular complexity index is 563. The summed E-state index contributed by atoms with van der Waals surface area (Å²) in [7, 11) is 0. The molecule has 0 aromatic carbocycles. The lowest BCUT2D eigenvalue weighted by atomic mass is 9.98. The number of halogens is 3. The Kier molecular flexibility index (Phi) is 3.71. The molecule has 4 N–H and O–H groups in total. The van der Waals surface area contributed by atoms with Crippen LogP contribution < -0.4 is 11.4 Å². The van der Waals surface area contributed by atoms with Gasteiger partial charge in [-0.3, -0.25) is 4.57 Å². The molecular weight excluding hydrogens is 283 g/mol. The topological polar surface area (TPSA) is 111 Å². The predicted octanol–water partition coefficient (Wildman–Crippen LogP) is -1.11. The van der Waals surface area contributed by atoms with E-state index in [0.717, 1.165) is 0 Å². The van der Waals surface area contributed by atoms with Gasteiger partial charge in [0.1, 0.15) is 12.8 Å². The van der Waals surface area contributed by atoms with Crippen LogP contribution in [0.4, 0.5) is 19.0 Å². The van der Waals surface area contributed by atoms with Gasteiger partial charge in [-0.15, -0.1) is 0 Å². The number of rotatable bonds is 3. The highest BCUT2D eigenvalue weighted by molar-refractivity contribution is 5.26. The molecule has 0 spiro atoms. The maximum absolute atomic E-state index is 14.0. The molecule has 0 amide bonds. The van der Waals surface area contributed by atoms with Crippen molar-refractivity contribution in [2.75, 3.05) is 19.0 Å². The molecule has 2 heterocycles. The van der Waals surface area contributed by atoms with Gasteiger partial charge in [-0.05, 0) is 0 Å². The molecule has 1 aromatic heterocycles. The molecule has 4 atom stereocenters. The van der Waals surface area contributed by atoms with Crippen molar-refractivity contribution in [1.82, 2.24) is 9.55 Å². The summed E-state index contributed by atoms with van der Waals surface area (Å²) in [6.07, 6.45) is -5.54. The molecule has 0 aliphatic carbocycles. The lowest BCUT2D eigenvalue weighted by molar-refractivity contribution is -0.138. The van der Waals surface area contributed by atoms with E-state index in [2.05, 4.69) is 4.98 Å². The van der Waals surface area contributed by atoms with Gasteiger partial charge in [0.05, 0.1) is 12.8 Å². The van der Waals surface area contributed by atoms with E-state index in [1.807, 2.05) is 0 Å². The van der Waals surface area contributed by atoms with Crippen LogP contribution in [0.5, 0.6) is 0 Å². The Labute approximate surface area is 110 Å². The first kappa shape index (κ1) is 14.8. The van der Waals surface area contributed by atoms with Gasteiger partial charge >= 0.3 is 5.69 Å². The summed E-state index contributed by atoms with van der Waals surface area (Å²) in [5.41, 5.74) is 1.74. The zero-order valence-electron chi connectivity index (χ0n) is 10.0. The lowest BCUT2D eigenvalue weighted by Crippen LogP contribution is -2.47. The molecule has 20 heavy (non-hydrogen) atoms. The van der Waals surface area contributed by atoms with Crippen LogP contribution in [0, 0.1) is 5.82 Å². The van der Waals surface area contributed by atoms with Gasteiger partial charge in [-0.25, -0.2) is 18.0 Å². The second kappa shape index (κ2) is 5.04. The second-order valence-electron chi connectivity index (χ2n) is 4.42. The van der Waals surface area contributed by atoms with Crippen molar-refractivity contribution >= 4 is 5.82 Å². The molecule has 1 aliphatic heterocycles. The number of ether oxygens (including phenoxy) is 1. The summed E-state index contributed by atoms with van der Waals surface area (Å²) >= 11 is 0. The number of anilines is 1. The molecule has 1 fully saturated rings. The van der Waals surface area contributed by atoms with Crippen molar-refractivity contribution in [1.29, 1.82) is 0 Å². The number of hydrogen-bond acceptors (Lipinski definition) is 6. The molecule has 7 nitrogen and oxygen atoms in total. The number of nitrogen functional groups attached to an aromatic ring is 1. The highest BCUT2D eigenvalue weighted by Crippen LogP contribution is 2.38. The summed E-state index contributed by atoms with van der Waals surface area (Å²) in [6, 6.07) is 0. The molecule has 1 aliphatic rings. The van der Waals surface area contributed by atoms with Gasteiger partial charge in [-0.1, -0.05) is 0 Å². The summed E-state index contributed by atoms with van der Waals surface area (Å²) in [6.45, 7) is -2.40. The van der Waals surface area contributed by atoms with Gasteiger partial charge in [0.15, 0.2) is 29.6 Å². The third kappa shape index (κ3) is 2.05. The zero-order valence-corrected chi connectivity index (χ0v) is 10.0. The quantitative estimate of drug-likeness (QED) is 0.652. The van der Waals surface area contributed by atoms with E-state index in [1.165, 1.54) is 0 Å². The van der Waals surface area contributed by atoms with Crippen LogP contribution in [0.25, 0.3) is 0 Å². The summed E-state index contributed by atoms with van der Waals surface area (Å²) in [5, 5.41) is 18.6. The van der Waals surface area contributed by atoms with Crippen molar-refractivity contribution in [2.24, 2.45) is 0 Å². The Morgan fingerprint density at radius 1 is 1.60 bits per heavy atom. The summed E-state index contributed by atoms with van der Waals surface area (Å²) in [4.78, 5) is 14.6. The van der Waals surface area contributed by atoms with Crippen LogP contribution >= 0.6 is 0 Å². The molecule has 0 radical (unpaired) electrons. The third-order valence-corrected chi connectivity index (χ3v) is 3.17. The minimum absolute atomic E-state index is 0.409. The highest BCUT2D eigenvalue weighted by Gasteiger charge is 2.56. The zero-order chi connectivity index (χ0) is 15.1. The minimum atomic E-state index is -2.25. The van der Waals surface area contributed by atoms with Gasteiger partial charge in [0.25, 0.3) is 0 Å².